The highest BCUT2D eigenvalue weighted by atomic mass is 16.5. The van der Waals surface area contributed by atoms with Crippen molar-refractivity contribution >= 4 is 5.97 Å². The van der Waals surface area contributed by atoms with Crippen LogP contribution in [-0.4, -0.2) is 43.2 Å². The van der Waals surface area contributed by atoms with Crippen LogP contribution in [-0.2, 0) is 11.3 Å². The van der Waals surface area contributed by atoms with Crippen LogP contribution in [0.15, 0.2) is 28.9 Å². The lowest BCUT2D eigenvalue weighted by Crippen LogP contribution is -2.49. The predicted octanol–water partition coefficient (Wildman–Crippen LogP) is 1.82. The SMILES string of the molecule is CCN(Cc1nc(-c2ccccn2)no1)C(C)(C)C(=O)O. The van der Waals surface area contributed by atoms with Gasteiger partial charge in [-0.2, -0.15) is 4.98 Å². The first-order valence-electron chi connectivity index (χ1n) is 6.67. The van der Waals surface area contributed by atoms with Crippen LogP contribution in [0.1, 0.15) is 26.7 Å². The zero-order valence-electron chi connectivity index (χ0n) is 12.3. The lowest BCUT2D eigenvalue weighted by atomic mass is 10.0. The molecule has 0 atom stereocenters. The molecule has 0 aliphatic heterocycles. The normalized spacial score (nSPS) is 11.8. The lowest BCUT2D eigenvalue weighted by Gasteiger charge is -2.32. The van der Waals surface area contributed by atoms with Gasteiger partial charge < -0.3 is 9.63 Å². The van der Waals surface area contributed by atoms with Crippen LogP contribution in [0.2, 0.25) is 0 Å². The van der Waals surface area contributed by atoms with Gasteiger partial charge in [0.2, 0.25) is 11.7 Å². The number of hydrogen-bond donors (Lipinski definition) is 1. The third kappa shape index (κ3) is 3.25. The predicted molar refractivity (Wildman–Crippen MR) is 75.3 cm³/mol. The molecule has 2 rings (SSSR count). The number of nitrogens with zero attached hydrogens (tertiary/aromatic N) is 4. The second-order valence-corrected chi connectivity index (χ2v) is 5.11. The smallest absolute Gasteiger partial charge is 0.323 e. The van der Waals surface area contributed by atoms with Crippen LogP contribution >= 0.6 is 0 Å². The molecule has 0 amide bonds. The molecule has 0 aliphatic rings. The summed E-state index contributed by atoms with van der Waals surface area (Å²) in [6, 6.07) is 5.43. The van der Waals surface area contributed by atoms with E-state index in [9.17, 15) is 9.90 Å². The van der Waals surface area contributed by atoms with E-state index in [0.717, 1.165) is 0 Å². The maximum absolute atomic E-state index is 11.3. The van der Waals surface area contributed by atoms with Crippen LogP contribution in [0.4, 0.5) is 0 Å². The first-order valence-corrected chi connectivity index (χ1v) is 6.67. The van der Waals surface area contributed by atoms with Crippen molar-refractivity contribution in [1.82, 2.24) is 20.0 Å². The van der Waals surface area contributed by atoms with Gasteiger partial charge in [0.1, 0.15) is 11.2 Å². The molecule has 0 radical (unpaired) electrons. The summed E-state index contributed by atoms with van der Waals surface area (Å²) in [5, 5.41) is 13.2. The largest absolute Gasteiger partial charge is 0.480 e. The highest BCUT2D eigenvalue weighted by molar-refractivity contribution is 5.77. The number of rotatable bonds is 6. The van der Waals surface area contributed by atoms with Gasteiger partial charge in [0.15, 0.2) is 0 Å². The molecule has 1 N–H and O–H groups in total. The van der Waals surface area contributed by atoms with Crippen LogP contribution in [0, 0.1) is 0 Å². The molecule has 0 saturated carbocycles. The van der Waals surface area contributed by atoms with E-state index in [1.165, 1.54) is 0 Å². The van der Waals surface area contributed by atoms with Crippen molar-refractivity contribution in [1.29, 1.82) is 0 Å². The number of carboxylic acids is 1. The van der Waals surface area contributed by atoms with Crippen LogP contribution in [0.5, 0.6) is 0 Å². The van der Waals surface area contributed by atoms with Crippen molar-refractivity contribution in [3.05, 3.63) is 30.3 Å². The van der Waals surface area contributed by atoms with Crippen LogP contribution in [0.3, 0.4) is 0 Å². The average molecular weight is 290 g/mol. The van der Waals surface area contributed by atoms with Crippen LogP contribution in [0.25, 0.3) is 11.5 Å². The Hall–Kier alpha value is -2.28. The Morgan fingerprint density at radius 1 is 1.43 bits per heavy atom. The molecule has 0 saturated heterocycles. The number of pyridine rings is 1. The fraction of sp³-hybridized carbons (Fsp3) is 0.429. The Bertz CT molecular complexity index is 610. The number of likely N-dealkylation sites (N-methyl/N-ethyl adjacent to an activating group) is 1. The minimum atomic E-state index is -1.01. The van der Waals surface area contributed by atoms with Crippen molar-refractivity contribution < 1.29 is 14.4 Å². The van der Waals surface area contributed by atoms with Gasteiger partial charge in [-0.15, -0.1) is 0 Å². The molecule has 0 aliphatic carbocycles. The number of aromatic nitrogens is 3. The third-order valence-electron chi connectivity index (χ3n) is 3.38. The van der Waals surface area contributed by atoms with Gasteiger partial charge in [0.05, 0.1) is 6.54 Å². The molecule has 21 heavy (non-hydrogen) atoms. The monoisotopic (exact) mass is 290 g/mol. The van der Waals surface area contributed by atoms with Crippen molar-refractivity contribution in [2.24, 2.45) is 0 Å². The molecular weight excluding hydrogens is 272 g/mol. The number of aliphatic carboxylic acids is 1. The van der Waals surface area contributed by atoms with Crippen molar-refractivity contribution in [2.45, 2.75) is 32.9 Å². The standard InChI is InChI=1S/C14H18N4O3/c1-4-18(14(2,3)13(19)20)9-11-16-12(17-21-11)10-7-5-6-8-15-10/h5-8H,4,9H2,1-3H3,(H,19,20). The van der Waals surface area contributed by atoms with Gasteiger partial charge in [0, 0.05) is 6.20 Å². The lowest BCUT2D eigenvalue weighted by molar-refractivity contribution is -0.149. The fourth-order valence-electron chi connectivity index (χ4n) is 1.92. The topological polar surface area (TPSA) is 92.4 Å². The van der Waals surface area contributed by atoms with Crippen molar-refractivity contribution in [3.63, 3.8) is 0 Å². The second-order valence-electron chi connectivity index (χ2n) is 5.11. The second kappa shape index (κ2) is 6.01. The quantitative estimate of drug-likeness (QED) is 0.867. The van der Waals surface area contributed by atoms with Crippen molar-refractivity contribution in [2.75, 3.05) is 6.54 Å². The minimum Gasteiger partial charge on any atom is -0.480 e. The fourth-order valence-corrected chi connectivity index (χ4v) is 1.92. The van der Waals surface area contributed by atoms with E-state index in [0.29, 0.717) is 24.0 Å². The summed E-state index contributed by atoms with van der Waals surface area (Å²) in [6.07, 6.45) is 1.65. The zero-order chi connectivity index (χ0) is 15.5. The summed E-state index contributed by atoms with van der Waals surface area (Å²) in [5.41, 5.74) is -0.387. The Morgan fingerprint density at radius 3 is 2.76 bits per heavy atom. The number of hydrogen-bond acceptors (Lipinski definition) is 6. The van der Waals surface area contributed by atoms with E-state index < -0.39 is 11.5 Å². The molecule has 0 fully saturated rings. The molecule has 0 aromatic carbocycles. The Morgan fingerprint density at radius 2 is 2.19 bits per heavy atom. The van der Waals surface area contributed by atoms with Gasteiger partial charge >= 0.3 is 5.97 Å². The van der Waals surface area contributed by atoms with Crippen LogP contribution < -0.4 is 0 Å². The maximum Gasteiger partial charge on any atom is 0.323 e. The molecule has 2 aromatic heterocycles. The Kier molecular flexibility index (Phi) is 4.32. The molecule has 0 bridgehead atoms. The van der Waals surface area contributed by atoms with Crippen molar-refractivity contribution in [3.8, 4) is 11.5 Å². The summed E-state index contributed by atoms with van der Waals surface area (Å²) in [5.74, 6) is -0.129. The summed E-state index contributed by atoms with van der Waals surface area (Å²) in [4.78, 5) is 21.5. The first-order chi connectivity index (χ1) is 9.95. The highest BCUT2D eigenvalue weighted by Gasteiger charge is 2.34. The Labute approximate surface area is 122 Å². The van der Waals surface area contributed by atoms with E-state index in [2.05, 4.69) is 15.1 Å². The molecular formula is C14H18N4O3. The molecule has 112 valence electrons. The summed E-state index contributed by atoms with van der Waals surface area (Å²) < 4.78 is 5.19. The zero-order valence-corrected chi connectivity index (χ0v) is 12.3. The summed E-state index contributed by atoms with van der Waals surface area (Å²) in [7, 11) is 0. The number of carboxylic acid groups (broad SMARTS) is 1. The minimum absolute atomic E-state index is 0.273. The highest BCUT2D eigenvalue weighted by Crippen LogP contribution is 2.19. The molecule has 7 heteroatoms. The van der Waals surface area contributed by atoms with E-state index in [-0.39, 0.29) is 6.54 Å². The number of carbonyl (C=O) groups is 1. The Balaban J connectivity index is 2.17. The van der Waals surface area contributed by atoms with Gasteiger partial charge in [-0.25, -0.2) is 0 Å². The molecule has 0 unspecified atom stereocenters. The van der Waals surface area contributed by atoms with E-state index in [1.54, 1.807) is 37.1 Å². The van der Waals surface area contributed by atoms with E-state index in [1.807, 2.05) is 13.0 Å². The van der Waals surface area contributed by atoms with E-state index >= 15 is 0 Å². The van der Waals surface area contributed by atoms with Gasteiger partial charge in [-0.1, -0.05) is 18.1 Å². The first kappa shape index (κ1) is 15.1. The maximum atomic E-state index is 11.3. The summed E-state index contributed by atoms with van der Waals surface area (Å²) >= 11 is 0. The molecule has 2 aromatic rings. The average Bonchev–Trinajstić information content (AvgIpc) is 2.94. The third-order valence-corrected chi connectivity index (χ3v) is 3.38. The van der Waals surface area contributed by atoms with Gasteiger partial charge in [-0.3, -0.25) is 14.7 Å². The molecule has 2 heterocycles. The summed E-state index contributed by atoms with van der Waals surface area (Å²) in [6.45, 7) is 6.01. The van der Waals surface area contributed by atoms with E-state index in [4.69, 9.17) is 4.52 Å². The molecule has 7 nitrogen and oxygen atoms in total. The van der Waals surface area contributed by atoms with Gasteiger partial charge in [-0.05, 0) is 32.5 Å². The van der Waals surface area contributed by atoms with Gasteiger partial charge in [0.25, 0.3) is 0 Å². The molecule has 0 spiro atoms.